The van der Waals surface area contributed by atoms with Crippen LogP contribution in [0.5, 0.6) is 0 Å². The van der Waals surface area contributed by atoms with Crippen molar-refractivity contribution in [2.24, 2.45) is 0 Å². The molecule has 0 aliphatic carbocycles. The monoisotopic (exact) mass is 333 g/mol. The Morgan fingerprint density at radius 3 is 2.48 bits per heavy atom. The maximum atomic E-state index is 12.4. The number of hydrogen-bond acceptors (Lipinski definition) is 4. The Bertz CT molecular complexity index is 504. The van der Waals surface area contributed by atoms with Crippen LogP contribution in [0.25, 0.3) is 0 Å². The molecule has 0 aliphatic rings. The van der Waals surface area contributed by atoms with Crippen LogP contribution in [0.2, 0.25) is 0 Å². The fraction of sp³-hybridized carbons (Fsp3) is 0.500. The van der Waals surface area contributed by atoms with Gasteiger partial charge in [0.15, 0.2) is 5.16 Å². The Labute approximate surface area is 119 Å². The van der Waals surface area contributed by atoms with Gasteiger partial charge in [-0.15, -0.1) is 0 Å². The van der Waals surface area contributed by atoms with Crippen molar-refractivity contribution in [3.8, 4) is 0 Å². The Morgan fingerprint density at radius 1 is 1.33 bits per heavy atom. The molecule has 0 saturated heterocycles. The third-order valence-electron chi connectivity index (χ3n) is 2.04. The smallest absolute Gasteiger partial charge is 0.346 e. The number of amides is 1. The minimum Gasteiger partial charge on any atom is -0.346 e. The van der Waals surface area contributed by atoms with Gasteiger partial charge in [0.25, 0.3) is 0 Å². The molecule has 4 nitrogen and oxygen atoms in total. The molecule has 0 bridgehead atoms. The molecule has 0 fully saturated rings. The average Bonchev–Trinajstić information content (AvgIpc) is 2.34. The molecule has 0 saturated carbocycles. The van der Waals surface area contributed by atoms with E-state index >= 15 is 0 Å². The highest BCUT2D eigenvalue weighted by Crippen LogP contribution is 2.29. The van der Waals surface area contributed by atoms with Crippen LogP contribution in [0.3, 0.4) is 0 Å². The van der Waals surface area contributed by atoms with Crippen LogP contribution in [0.1, 0.15) is 12.6 Å². The number of thioether (sulfide) groups is 1. The zero-order valence-electron chi connectivity index (χ0n) is 10.4. The van der Waals surface area contributed by atoms with Crippen LogP contribution in [-0.4, -0.2) is 33.8 Å². The summed E-state index contributed by atoms with van der Waals surface area (Å²) >= 11 is 0.531. The van der Waals surface area contributed by atoms with Gasteiger partial charge in [0.05, 0.1) is 5.25 Å². The highest BCUT2D eigenvalue weighted by molar-refractivity contribution is 8.00. The second kappa shape index (κ2) is 6.50. The van der Waals surface area contributed by atoms with Crippen molar-refractivity contribution in [1.82, 2.24) is 15.3 Å². The van der Waals surface area contributed by atoms with Crippen LogP contribution in [-0.2, 0) is 11.0 Å². The SMILES string of the molecule is CC(Sc1nccc(C(F)(F)F)n1)C(=O)NCC(F)(F)F. The summed E-state index contributed by atoms with van der Waals surface area (Å²) < 4.78 is 73.0. The summed E-state index contributed by atoms with van der Waals surface area (Å²) in [5.74, 6) is -0.974. The molecule has 1 aromatic heterocycles. The van der Waals surface area contributed by atoms with E-state index in [1.54, 1.807) is 5.32 Å². The van der Waals surface area contributed by atoms with Crippen molar-refractivity contribution >= 4 is 17.7 Å². The van der Waals surface area contributed by atoms with Gasteiger partial charge in [-0.1, -0.05) is 11.8 Å². The van der Waals surface area contributed by atoms with E-state index in [-0.39, 0.29) is 5.16 Å². The molecule has 11 heteroatoms. The standard InChI is InChI=1S/C10H9F6N3OS/c1-5(7(20)18-4-9(11,12)13)21-8-17-3-2-6(19-8)10(14,15)16/h2-3,5H,4H2,1H3,(H,18,20). The lowest BCUT2D eigenvalue weighted by atomic mass is 10.4. The van der Waals surface area contributed by atoms with E-state index in [4.69, 9.17) is 0 Å². The largest absolute Gasteiger partial charge is 0.433 e. The average molecular weight is 333 g/mol. The molecule has 1 atom stereocenters. The van der Waals surface area contributed by atoms with Gasteiger partial charge in [-0.25, -0.2) is 9.97 Å². The topological polar surface area (TPSA) is 54.9 Å². The molecule has 1 rings (SSSR count). The lowest BCUT2D eigenvalue weighted by molar-refractivity contribution is -0.141. The summed E-state index contributed by atoms with van der Waals surface area (Å²) in [4.78, 5) is 18.1. The molecule has 0 aromatic carbocycles. The van der Waals surface area contributed by atoms with Gasteiger partial charge in [0, 0.05) is 6.20 Å². The lowest BCUT2D eigenvalue weighted by Crippen LogP contribution is -2.38. The second-order valence-corrected chi connectivity index (χ2v) is 5.12. The zero-order valence-corrected chi connectivity index (χ0v) is 11.2. The van der Waals surface area contributed by atoms with Crippen molar-refractivity contribution in [2.45, 2.75) is 29.7 Å². The predicted molar refractivity (Wildman–Crippen MR) is 61.4 cm³/mol. The Hall–Kier alpha value is -1.52. The first-order chi connectivity index (χ1) is 9.49. The van der Waals surface area contributed by atoms with Crippen LogP contribution >= 0.6 is 11.8 Å². The van der Waals surface area contributed by atoms with Gasteiger partial charge in [-0.3, -0.25) is 4.79 Å². The lowest BCUT2D eigenvalue weighted by Gasteiger charge is -2.13. The number of alkyl halides is 6. The van der Waals surface area contributed by atoms with E-state index in [1.165, 1.54) is 6.92 Å². The highest BCUT2D eigenvalue weighted by Gasteiger charge is 2.33. The normalized spacial score (nSPS) is 13.9. The van der Waals surface area contributed by atoms with E-state index in [1.807, 2.05) is 0 Å². The predicted octanol–water partition coefficient (Wildman–Crippen LogP) is 2.65. The summed E-state index contributed by atoms with van der Waals surface area (Å²) in [6.07, 6.45) is -8.37. The first kappa shape index (κ1) is 17.5. The molecule has 1 amide bonds. The van der Waals surface area contributed by atoms with Crippen LogP contribution < -0.4 is 5.32 Å². The van der Waals surface area contributed by atoms with Crippen molar-refractivity contribution in [2.75, 3.05) is 6.54 Å². The van der Waals surface area contributed by atoms with Gasteiger partial charge in [-0.05, 0) is 13.0 Å². The third-order valence-corrected chi connectivity index (χ3v) is 3.01. The van der Waals surface area contributed by atoms with Gasteiger partial charge < -0.3 is 5.32 Å². The number of nitrogens with one attached hydrogen (secondary N) is 1. The van der Waals surface area contributed by atoms with Crippen molar-refractivity contribution in [1.29, 1.82) is 0 Å². The number of carbonyl (C=O) groups is 1. The maximum absolute atomic E-state index is 12.4. The zero-order chi connectivity index (χ0) is 16.3. The Morgan fingerprint density at radius 2 is 1.95 bits per heavy atom. The van der Waals surface area contributed by atoms with Gasteiger partial charge in [0.1, 0.15) is 12.2 Å². The van der Waals surface area contributed by atoms with Crippen molar-refractivity contribution in [3.05, 3.63) is 18.0 Å². The van der Waals surface area contributed by atoms with Crippen molar-refractivity contribution in [3.63, 3.8) is 0 Å². The van der Waals surface area contributed by atoms with E-state index in [0.29, 0.717) is 17.8 Å². The number of hydrogen-bond donors (Lipinski definition) is 1. The van der Waals surface area contributed by atoms with Crippen molar-refractivity contribution < 1.29 is 31.1 Å². The summed E-state index contributed by atoms with van der Waals surface area (Å²) in [6.45, 7) is -0.278. The van der Waals surface area contributed by atoms with Crippen LogP contribution in [0.4, 0.5) is 26.3 Å². The molecular formula is C10H9F6N3OS. The third kappa shape index (κ3) is 6.19. The number of aromatic nitrogens is 2. The first-order valence-corrected chi connectivity index (χ1v) is 6.28. The van der Waals surface area contributed by atoms with Crippen LogP contribution in [0, 0.1) is 0 Å². The van der Waals surface area contributed by atoms with Crippen LogP contribution in [0.15, 0.2) is 17.4 Å². The molecule has 1 N–H and O–H groups in total. The minimum atomic E-state index is -4.67. The Balaban J connectivity index is 2.66. The van der Waals surface area contributed by atoms with Gasteiger partial charge >= 0.3 is 12.4 Å². The molecule has 0 spiro atoms. The quantitative estimate of drug-likeness (QED) is 0.523. The van der Waals surface area contributed by atoms with E-state index in [2.05, 4.69) is 9.97 Å². The molecule has 0 aliphatic heterocycles. The summed E-state index contributed by atoms with van der Waals surface area (Å²) in [6, 6.07) is 0.651. The van der Waals surface area contributed by atoms with Gasteiger partial charge in [-0.2, -0.15) is 26.3 Å². The second-order valence-electron chi connectivity index (χ2n) is 3.82. The number of halogens is 6. The van der Waals surface area contributed by atoms with E-state index < -0.39 is 35.7 Å². The fourth-order valence-electron chi connectivity index (χ4n) is 1.10. The molecule has 1 aromatic rings. The summed E-state index contributed by atoms with van der Waals surface area (Å²) in [5.41, 5.74) is -1.19. The molecule has 21 heavy (non-hydrogen) atoms. The number of nitrogens with zero attached hydrogens (tertiary/aromatic N) is 2. The number of carbonyl (C=O) groups excluding carboxylic acids is 1. The Kier molecular flexibility index (Phi) is 5.42. The maximum Gasteiger partial charge on any atom is 0.433 e. The molecule has 1 unspecified atom stereocenters. The first-order valence-electron chi connectivity index (χ1n) is 5.40. The summed E-state index contributed by atoms with van der Waals surface area (Å²) in [7, 11) is 0. The molecule has 1 heterocycles. The summed E-state index contributed by atoms with van der Waals surface area (Å²) in [5, 5.41) is 0.204. The highest BCUT2D eigenvalue weighted by atomic mass is 32.2. The van der Waals surface area contributed by atoms with E-state index in [9.17, 15) is 31.1 Å². The molecular weight excluding hydrogens is 324 g/mol. The number of rotatable bonds is 4. The van der Waals surface area contributed by atoms with Gasteiger partial charge in [0.2, 0.25) is 5.91 Å². The molecule has 118 valence electrons. The fourth-order valence-corrected chi connectivity index (χ4v) is 1.88. The molecule has 0 radical (unpaired) electrons. The minimum absolute atomic E-state index is 0.348. The van der Waals surface area contributed by atoms with E-state index in [0.717, 1.165) is 6.20 Å².